The first-order valence-electron chi connectivity index (χ1n) is 3.36. The molecule has 1 rings (SSSR count). The molecular formula is C8H6F3NO. The second-order valence-electron chi connectivity index (χ2n) is 2.25. The highest BCUT2D eigenvalue weighted by molar-refractivity contribution is 5.49. The van der Waals surface area contributed by atoms with E-state index in [1.165, 1.54) is 0 Å². The van der Waals surface area contributed by atoms with E-state index in [1.807, 2.05) is 0 Å². The Hall–Kier alpha value is -1.49. The number of nitrogens with one attached hydrogen (secondary N) is 1. The van der Waals surface area contributed by atoms with Crippen LogP contribution in [0.5, 0.6) is 0 Å². The van der Waals surface area contributed by atoms with Crippen LogP contribution in [0.15, 0.2) is 18.3 Å². The minimum Gasteiger partial charge on any atom is -0.292 e. The van der Waals surface area contributed by atoms with E-state index in [0.717, 1.165) is 12.3 Å². The fourth-order valence-corrected chi connectivity index (χ4v) is 0.793. The smallest absolute Gasteiger partial charge is 0.161 e. The zero-order valence-corrected chi connectivity index (χ0v) is 6.39. The lowest BCUT2D eigenvalue weighted by molar-refractivity contribution is 0.215. The monoisotopic (exact) mass is 189 g/mol. The number of hydrogen-bond donors (Lipinski definition) is 2. The van der Waals surface area contributed by atoms with Crippen molar-refractivity contribution >= 4 is 6.08 Å². The molecule has 0 bridgehead atoms. The van der Waals surface area contributed by atoms with Crippen molar-refractivity contribution in [3.05, 3.63) is 41.3 Å². The largest absolute Gasteiger partial charge is 0.292 e. The maximum absolute atomic E-state index is 12.8. The maximum atomic E-state index is 12.8. The highest BCUT2D eigenvalue weighted by Crippen LogP contribution is 2.14. The summed E-state index contributed by atoms with van der Waals surface area (Å²) in [6.45, 7) is 0. The Labute approximate surface area is 72.3 Å². The molecule has 0 unspecified atom stereocenters. The maximum Gasteiger partial charge on any atom is 0.161 e. The average Bonchev–Trinajstić information content (AvgIpc) is 2.09. The van der Waals surface area contributed by atoms with Gasteiger partial charge in [0.15, 0.2) is 11.6 Å². The lowest BCUT2D eigenvalue weighted by atomic mass is 10.2. The lowest BCUT2D eigenvalue weighted by Crippen LogP contribution is -1.94. The Morgan fingerprint density at radius 1 is 1.08 bits per heavy atom. The summed E-state index contributed by atoms with van der Waals surface area (Å²) in [4.78, 5) is 0. The zero-order valence-electron chi connectivity index (χ0n) is 6.39. The fraction of sp³-hybridized carbons (Fsp3) is 0. The van der Waals surface area contributed by atoms with Gasteiger partial charge in [0.2, 0.25) is 0 Å². The van der Waals surface area contributed by atoms with Crippen LogP contribution in [-0.4, -0.2) is 5.21 Å². The second-order valence-corrected chi connectivity index (χ2v) is 2.25. The van der Waals surface area contributed by atoms with Crippen LogP contribution >= 0.6 is 0 Å². The van der Waals surface area contributed by atoms with Crippen molar-refractivity contribution < 1.29 is 18.4 Å². The van der Waals surface area contributed by atoms with Gasteiger partial charge in [-0.1, -0.05) is 0 Å². The quantitative estimate of drug-likeness (QED) is 0.551. The number of halogens is 3. The molecule has 13 heavy (non-hydrogen) atoms. The van der Waals surface area contributed by atoms with Crippen molar-refractivity contribution in [1.82, 2.24) is 5.48 Å². The van der Waals surface area contributed by atoms with Crippen LogP contribution in [0.2, 0.25) is 0 Å². The molecule has 2 nitrogen and oxygen atoms in total. The SMILES string of the molecule is ON/C=C/c1cc(F)c(F)cc1F. The van der Waals surface area contributed by atoms with E-state index < -0.39 is 17.5 Å². The molecule has 70 valence electrons. The van der Waals surface area contributed by atoms with Gasteiger partial charge >= 0.3 is 0 Å². The van der Waals surface area contributed by atoms with Crippen LogP contribution in [0.4, 0.5) is 13.2 Å². The summed E-state index contributed by atoms with van der Waals surface area (Å²) in [6, 6.07) is 1.13. The molecular weight excluding hydrogens is 183 g/mol. The van der Waals surface area contributed by atoms with Crippen LogP contribution in [0.25, 0.3) is 6.08 Å². The van der Waals surface area contributed by atoms with E-state index in [2.05, 4.69) is 0 Å². The zero-order chi connectivity index (χ0) is 9.84. The number of hydrogen-bond acceptors (Lipinski definition) is 2. The Bertz CT molecular complexity index is 338. The van der Waals surface area contributed by atoms with Gasteiger partial charge in [-0.05, 0) is 12.1 Å². The first-order valence-corrected chi connectivity index (χ1v) is 3.36. The molecule has 5 heteroatoms. The molecule has 0 atom stereocenters. The van der Waals surface area contributed by atoms with E-state index in [1.54, 1.807) is 5.48 Å². The van der Waals surface area contributed by atoms with Gasteiger partial charge in [-0.3, -0.25) is 10.7 Å². The molecule has 0 saturated heterocycles. The summed E-state index contributed by atoms with van der Waals surface area (Å²) in [5, 5.41) is 8.12. The lowest BCUT2D eigenvalue weighted by Gasteiger charge is -1.98. The van der Waals surface area contributed by atoms with Crippen LogP contribution < -0.4 is 5.48 Å². The summed E-state index contributed by atoms with van der Waals surface area (Å²) in [6.07, 6.45) is 2.05. The summed E-state index contributed by atoms with van der Waals surface area (Å²) >= 11 is 0. The predicted octanol–water partition coefficient (Wildman–Crippen LogP) is 2.05. The van der Waals surface area contributed by atoms with Crippen molar-refractivity contribution in [3.8, 4) is 0 Å². The van der Waals surface area contributed by atoms with E-state index in [-0.39, 0.29) is 5.56 Å². The average molecular weight is 189 g/mol. The number of rotatable bonds is 2. The highest BCUT2D eigenvalue weighted by Gasteiger charge is 2.06. The minimum absolute atomic E-state index is 0.152. The molecule has 0 spiro atoms. The van der Waals surface area contributed by atoms with Crippen molar-refractivity contribution in [3.63, 3.8) is 0 Å². The van der Waals surface area contributed by atoms with Crippen LogP contribution in [0, 0.1) is 17.5 Å². The van der Waals surface area contributed by atoms with Crippen LogP contribution in [0.3, 0.4) is 0 Å². The molecule has 1 aromatic carbocycles. The van der Waals surface area contributed by atoms with E-state index in [4.69, 9.17) is 5.21 Å². The van der Waals surface area contributed by atoms with Gasteiger partial charge in [-0.15, -0.1) is 0 Å². The molecule has 0 fully saturated rings. The van der Waals surface area contributed by atoms with Crippen LogP contribution in [-0.2, 0) is 0 Å². The normalized spacial score (nSPS) is 10.8. The molecule has 0 saturated carbocycles. The molecule has 0 heterocycles. The van der Waals surface area contributed by atoms with Gasteiger partial charge in [-0.2, -0.15) is 0 Å². The second kappa shape index (κ2) is 3.95. The van der Waals surface area contributed by atoms with Gasteiger partial charge in [-0.25, -0.2) is 13.2 Å². The summed E-state index contributed by atoms with van der Waals surface area (Å²) in [7, 11) is 0. The molecule has 0 amide bonds. The summed E-state index contributed by atoms with van der Waals surface area (Å²) in [5.41, 5.74) is 1.46. The van der Waals surface area contributed by atoms with Crippen LogP contribution in [0.1, 0.15) is 5.56 Å². The summed E-state index contributed by atoms with van der Waals surface area (Å²) in [5.74, 6) is -3.28. The fourth-order valence-electron chi connectivity index (χ4n) is 0.793. The Morgan fingerprint density at radius 3 is 2.31 bits per heavy atom. The molecule has 0 radical (unpaired) electrons. The first-order chi connectivity index (χ1) is 6.15. The van der Waals surface area contributed by atoms with Crippen molar-refractivity contribution in [1.29, 1.82) is 0 Å². The number of hydroxylamine groups is 1. The van der Waals surface area contributed by atoms with E-state index in [9.17, 15) is 13.2 Å². The third-order valence-electron chi connectivity index (χ3n) is 1.38. The third-order valence-corrected chi connectivity index (χ3v) is 1.38. The predicted molar refractivity (Wildman–Crippen MR) is 40.3 cm³/mol. The molecule has 0 aliphatic rings. The highest BCUT2D eigenvalue weighted by atomic mass is 19.2. The molecule has 1 aromatic rings. The number of benzene rings is 1. The molecule has 0 aliphatic carbocycles. The standard InChI is InChI=1S/C8H6F3NO/c9-6-4-8(11)7(10)3-5(6)1-2-12-13/h1-4,12-13H/b2-1+. The summed E-state index contributed by atoms with van der Waals surface area (Å²) < 4.78 is 37.7. The third kappa shape index (κ3) is 2.22. The van der Waals surface area contributed by atoms with Gasteiger partial charge in [0.1, 0.15) is 5.82 Å². The van der Waals surface area contributed by atoms with Gasteiger partial charge in [0, 0.05) is 17.8 Å². The van der Waals surface area contributed by atoms with Gasteiger partial charge in [0.25, 0.3) is 0 Å². The Morgan fingerprint density at radius 2 is 1.69 bits per heavy atom. The molecule has 0 aliphatic heterocycles. The Kier molecular flexibility index (Phi) is 2.92. The van der Waals surface area contributed by atoms with E-state index >= 15 is 0 Å². The minimum atomic E-state index is -1.24. The van der Waals surface area contributed by atoms with Gasteiger partial charge < -0.3 is 0 Å². The molecule has 2 N–H and O–H groups in total. The van der Waals surface area contributed by atoms with Crippen molar-refractivity contribution in [2.24, 2.45) is 0 Å². The van der Waals surface area contributed by atoms with Gasteiger partial charge in [0.05, 0.1) is 0 Å². The van der Waals surface area contributed by atoms with E-state index in [0.29, 0.717) is 12.1 Å². The Balaban J connectivity index is 3.08. The topological polar surface area (TPSA) is 32.3 Å². The molecule has 0 aromatic heterocycles. The van der Waals surface area contributed by atoms with Crippen molar-refractivity contribution in [2.45, 2.75) is 0 Å². The first kappa shape index (κ1) is 9.60. The van der Waals surface area contributed by atoms with Crippen molar-refractivity contribution in [2.75, 3.05) is 0 Å².